The molecule has 3 rings (SSSR count). The van der Waals surface area contributed by atoms with Gasteiger partial charge in [-0.1, -0.05) is 0 Å². The molecule has 1 N–H and O–H groups in total. The lowest BCUT2D eigenvalue weighted by atomic mass is 10.5. The van der Waals surface area contributed by atoms with Gasteiger partial charge in [0.1, 0.15) is 12.5 Å². The molecule has 2 aromatic rings. The fourth-order valence-electron chi connectivity index (χ4n) is 1.51. The molecular formula is C7H8N6. The first-order valence-corrected chi connectivity index (χ1v) is 4.06. The van der Waals surface area contributed by atoms with E-state index in [1.165, 1.54) is 6.33 Å². The van der Waals surface area contributed by atoms with Crippen LogP contribution in [-0.2, 0) is 0 Å². The first-order chi connectivity index (χ1) is 6.36. The molecule has 2 aromatic heterocycles. The maximum Gasteiger partial charge on any atom is 0.235 e. The standard InChI is InChI=1S/C7H8N6/c1-5-11-6-9-4-10-13(6)7-8-2-3-12(5)7/h2-5H,1H3,(H,9,10,11). The molecule has 13 heavy (non-hydrogen) atoms. The Labute approximate surface area is 74.2 Å². The van der Waals surface area contributed by atoms with Crippen molar-refractivity contribution in [1.29, 1.82) is 0 Å². The number of hydrogen-bond donors (Lipinski definition) is 1. The molecule has 6 heteroatoms. The molecule has 0 aromatic carbocycles. The lowest BCUT2D eigenvalue weighted by Crippen LogP contribution is -2.25. The monoisotopic (exact) mass is 176 g/mol. The van der Waals surface area contributed by atoms with E-state index in [1.807, 2.05) is 17.7 Å². The van der Waals surface area contributed by atoms with E-state index in [9.17, 15) is 0 Å². The summed E-state index contributed by atoms with van der Waals surface area (Å²) in [6, 6.07) is 0. The maximum absolute atomic E-state index is 4.20. The fraction of sp³-hybridized carbons (Fsp3) is 0.286. The SMILES string of the molecule is CC1Nc2ncnn2-c2nccn21. The average molecular weight is 176 g/mol. The Morgan fingerprint density at radius 2 is 2.38 bits per heavy atom. The average Bonchev–Trinajstić information content (AvgIpc) is 2.66. The Kier molecular flexibility index (Phi) is 1.07. The quantitative estimate of drug-likeness (QED) is 0.631. The minimum atomic E-state index is 0.175. The van der Waals surface area contributed by atoms with E-state index in [1.54, 1.807) is 10.9 Å². The number of anilines is 1. The Morgan fingerprint density at radius 1 is 1.46 bits per heavy atom. The van der Waals surface area contributed by atoms with Gasteiger partial charge in [0.2, 0.25) is 11.9 Å². The van der Waals surface area contributed by atoms with Crippen molar-refractivity contribution < 1.29 is 0 Å². The molecule has 3 heterocycles. The summed E-state index contributed by atoms with van der Waals surface area (Å²) in [4.78, 5) is 8.28. The van der Waals surface area contributed by atoms with Crippen molar-refractivity contribution in [2.45, 2.75) is 13.1 Å². The van der Waals surface area contributed by atoms with Crippen molar-refractivity contribution in [2.75, 3.05) is 5.32 Å². The van der Waals surface area contributed by atoms with Crippen LogP contribution in [0.25, 0.3) is 5.95 Å². The molecule has 0 saturated carbocycles. The molecule has 0 aliphatic carbocycles. The molecule has 1 aliphatic heterocycles. The Hall–Kier alpha value is -1.85. The number of aromatic nitrogens is 5. The van der Waals surface area contributed by atoms with Gasteiger partial charge in [0.15, 0.2) is 0 Å². The van der Waals surface area contributed by atoms with Gasteiger partial charge < -0.3 is 5.32 Å². The number of nitrogens with one attached hydrogen (secondary N) is 1. The number of imidazole rings is 1. The Bertz CT molecular complexity index is 441. The van der Waals surface area contributed by atoms with Gasteiger partial charge in [-0.05, 0) is 6.92 Å². The summed E-state index contributed by atoms with van der Waals surface area (Å²) in [5, 5.41) is 7.26. The molecule has 1 aliphatic rings. The second kappa shape index (κ2) is 2.09. The molecule has 0 radical (unpaired) electrons. The maximum atomic E-state index is 4.20. The summed E-state index contributed by atoms with van der Waals surface area (Å²) in [5.74, 6) is 1.55. The number of nitrogens with zero attached hydrogens (tertiary/aromatic N) is 5. The van der Waals surface area contributed by atoms with Crippen LogP contribution in [0.1, 0.15) is 13.1 Å². The van der Waals surface area contributed by atoms with Gasteiger partial charge in [0.05, 0.1) is 0 Å². The summed E-state index contributed by atoms with van der Waals surface area (Å²) in [5.41, 5.74) is 0. The van der Waals surface area contributed by atoms with Gasteiger partial charge in [-0.2, -0.15) is 14.8 Å². The van der Waals surface area contributed by atoms with Crippen molar-refractivity contribution in [2.24, 2.45) is 0 Å². The molecule has 0 amide bonds. The fourth-order valence-corrected chi connectivity index (χ4v) is 1.51. The van der Waals surface area contributed by atoms with E-state index in [-0.39, 0.29) is 6.17 Å². The summed E-state index contributed by atoms with van der Waals surface area (Å²) in [7, 11) is 0. The molecule has 66 valence electrons. The van der Waals surface area contributed by atoms with E-state index in [0.29, 0.717) is 0 Å². The minimum Gasteiger partial charge on any atom is -0.334 e. The van der Waals surface area contributed by atoms with Crippen molar-refractivity contribution in [1.82, 2.24) is 24.3 Å². The van der Waals surface area contributed by atoms with Crippen molar-refractivity contribution >= 4 is 5.95 Å². The minimum absolute atomic E-state index is 0.175. The lowest BCUT2D eigenvalue weighted by molar-refractivity contribution is 0.548. The zero-order valence-corrected chi connectivity index (χ0v) is 7.05. The van der Waals surface area contributed by atoms with Crippen molar-refractivity contribution in [3.63, 3.8) is 0 Å². The van der Waals surface area contributed by atoms with E-state index in [2.05, 4.69) is 20.4 Å². The van der Waals surface area contributed by atoms with Gasteiger partial charge in [-0.15, -0.1) is 0 Å². The van der Waals surface area contributed by atoms with Crippen LogP contribution in [0.15, 0.2) is 18.7 Å². The van der Waals surface area contributed by atoms with Crippen LogP contribution in [0, 0.1) is 0 Å². The van der Waals surface area contributed by atoms with Crippen LogP contribution in [0.5, 0.6) is 0 Å². The highest BCUT2D eigenvalue weighted by molar-refractivity contribution is 5.36. The van der Waals surface area contributed by atoms with Crippen LogP contribution < -0.4 is 5.32 Å². The van der Waals surface area contributed by atoms with Crippen LogP contribution in [-0.4, -0.2) is 24.3 Å². The summed E-state index contributed by atoms with van der Waals surface area (Å²) >= 11 is 0. The predicted molar refractivity (Wildman–Crippen MR) is 45.5 cm³/mol. The van der Waals surface area contributed by atoms with Crippen molar-refractivity contribution in [3.05, 3.63) is 18.7 Å². The predicted octanol–water partition coefficient (Wildman–Crippen LogP) is 0.408. The van der Waals surface area contributed by atoms with Gasteiger partial charge in [0.25, 0.3) is 0 Å². The van der Waals surface area contributed by atoms with Gasteiger partial charge >= 0.3 is 0 Å². The normalized spacial score (nSPS) is 19.0. The molecule has 6 nitrogen and oxygen atoms in total. The molecule has 0 saturated heterocycles. The summed E-state index contributed by atoms with van der Waals surface area (Å²) in [6.07, 6.45) is 5.36. The largest absolute Gasteiger partial charge is 0.334 e. The van der Waals surface area contributed by atoms with Crippen LogP contribution in [0.3, 0.4) is 0 Å². The Morgan fingerprint density at radius 3 is 3.31 bits per heavy atom. The number of fused-ring (bicyclic) bond motifs is 3. The molecule has 1 unspecified atom stereocenters. The summed E-state index contributed by atoms with van der Waals surface area (Å²) < 4.78 is 3.68. The highest BCUT2D eigenvalue weighted by Gasteiger charge is 2.21. The molecule has 0 fully saturated rings. The van der Waals surface area contributed by atoms with E-state index in [0.717, 1.165) is 11.9 Å². The second-order valence-corrected chi connectivity index (χ2v) is 2.95. The van der Waals surface area contributed by atoms with Crippen LogP contribution >= 0.6 is 0 Å². The smallest absolute Gasteiger partial charge is 0.235 e. The van der Waals surface area contributed by atoms with Gasteiger partial charge in [-0.3, -0.25) is 4.57 Å². The molecule has 0 spiro atoms. The lowest BCUT2D eigenvalue weighted by Gasteiger charge is -2.23. The van der Waals surface area contributed by atoms with E-state index < -0.39 is 0 Å². The molecular weight excluding hydrogens is 168 g/mol. The van der Waals surface area contributed by atoms with Crippen molar-refractivity contribution in [3.8, 4) is 5.95 Å². The highest BCUT2D eigenvalue weighted by atomic mass is 15.5. The van der Waals surface area contributed by atoms with Gasteiger partial charge in [0, 0.05) is 12.4 Å². The number of hydrogen-bond acceptors (Lipinski definition) is 4. The van der Waals surface area contributed by atoms with E-state index in [4.69, 9.17) is 0 Å². The topological polar surface area (TPSA) is 60.6 Å². The zero-order valence-electron chi connectivity index (χ0n) is 7.05. The van der Waals surface area contributed by atoms with E-state index >= 15 is 0 Å². The van der Waals surface area contributed by atoms with Crippen LogP contribution in [0.2, 0.25) is 0 Å². The molecule has 0 bridgehead atoms. The Balaban J connectivity index is 2.30. The summed E-state index contributed by atoms with van der Waals surface area (Å²) in [6.45, 7) is 2.04. The third kappa shape index (κ3) is 0.742. The van der Waals surface area contributed by atoms with Gasteiger partial charge in [-0.25, -0.2) is 4.98 Å². The number of rotatable bonds is 0. The highest BCUT2D eigenvalue weighted by Crippen LogP contribution is 2.22. The van der Waals surface area contributed by atoms with Crippen LogP contribution in [0.4, 0.5) is 5.95 Å². The third-order valence-corrected chi connectivity index (χ3v) is 2.14. The molecule has 1 atom stereocenters. The first-order valence-electron chi connectivity index (χ1n) is 4.06. The zero-order chi connectivity index (χ0) is 8.84. The first kappa shape index (κ1) is 6.64. The second-order valence-electron chi connectivity index (χ2n) is 2.95. The third-order valence-electron chi connectivity index (χ3n) is 2.14.